The Kier molecular flexibility index (Phi) is 3.88. The Morgan fingerprint density at radius 1 is 0.963 bits per heavy atom. The molecule has 0 spiro atoms. The van der Waals surface area contributed by atoms with Gasteiger partial charge < -0.3 is 9.40 Å². The molecular weight excluding hydrogens is 381 g/mol. The van der Waals surface area contributed by atoms with Gasteiger partial charge in [-0.15, -0.1) is 0 Å². The highest BCUT2D eigenvalue weighted by atomic mass is 35.5. The highest BCUT2D eigenvalue weighted by molar-refractivity contribution is 6.42. The molecule has 1 N–H and O–H groups in total. The van der Waals surface area contributed by atoms with E-state index in [2.05, 4.69) is 15.0 Å². The van der Waals surface area contributed by atoms with Crippen molar-refractivity contribution in [2.45, 2.75) is 6.42 Å². The summed E-state index contributed by atoms with van der Waals surface area (Å²) in [7, 11) is 0. The fourth-order valence-electron chi connectivity index (χ4n) is 3.14. The average Bonchev–Trinajstić information content (AvgIpc) is 3.27. The number of furan rings is 1. The minimum absolute atomic E-state index is 0.538. The average molecular weight is 394 g/mol. The molecule has 0 saturated heterocycles. The normalized spacial score (nSPS) is 11.5. The highest BCUT2D eigenvalue weighted by Crippen LogP contribution is 2.29. The first-order valence-corrected chi connectivity index (χ1v) is 9.19. The molecule has 3 heterocycles. The number of aromatic nitrogens is 3. The van der Waals surface area contributed by atoms with Crippen LogP contribution >= 0.6 is 23.2 Å². The maximum Gasteiger partial charge on any atom is 0.177 e. The van der Waals surface area contributed by atoms with Gasteiger partial charge in [0.25, 0.3) is 0 Å². The van der Waals surface area contributed by atoms with Crippen molar-refractivity contribution in [1.29, 1.82) is 0 Å². The van der Waals surface area contributed by atoms with Crippen LogP contribution < -0.4 is 0 Å². The van der Waals surface area contributed by atoms with Gasteiger partial charge >= 0.3 is 0 Å². The van der Waals surface area contributed by atoms with Crippen LogP contribution in [-0.4, -0.2) is 15.0 Å². The van der Waals surface area contributed by atoms with Crippen molar-refractivity contribution in [3.05, 3.63) is 82.2 Å². The molecule has 0 aliphatic heterocycles. The number of nitrogens with zero attached hydrogens (tertiary/aromatic N) is 2. The largest absolute Gasteiger partial charge is 0.456 e. The van der Waals surface area contributed by atoms with Gasteiger partial charge in [-0.05, 0) is 35.9 Å². The molecule has 0 amide bonds. The molecular formula is C21H13Cl2N3O. The van der Waals surface area contributed by atoms with Crippen LogP contribution in [0.15, 0.2) is 65.2 Å². The first kappa shape index (κ1) is 16.4. The first-order chi connectivity index (χ1) is 13.2. The first-order valence-electron chi connectivity index (χ1n) is 8.43. The molecule has 132 valence electrons. The third-order valence-corrected chi connectivity index (χ3v) is 5.19. The summed E-state index contributed by atoms with van der Waals surface area (Å²) >= 11 is 12.1. The van der Waals surface area contributed by atoms with Crippen LogP contribution in [0.25, 0.3) is 33.5 Å². The Morgan fingerprint density at radius 2 is 1.85 bits per heavy atom. The molecule has 0 aliphatic rings. The predicted octanol–water partition coefficient (Wildman–Crippen LogP) is 6.27. The monoisotopic (exact) mass is 393 g/mol. The zero-order valence-corrected chi connectivity index (χ0v) is 15.6. The molecule has 0 unspecified atom stereocenters. The summed E-state index contributed by atoms with van der Waals surface area (Å²) in [6, 6.07) is 17.5. The van der Waals surface area contributed by atoms with E-state index in [0.717, 1.165) is 39.2 Å². The number of imidazole rings is 1. The van der Waals surface area contributed by atoms with E-state index in [1.165, 1.54) is 0 Å². The van der Waals surface area contributed by atoms with E-state index in [0.29, 0.717) is 22.1 Å². The summed E-state index contributed by atoms with van der Waals surface area (Å²) in [6.07, 6.45) is 2.40. The molecule has 5 rings (SSSR count). The molecule has 2 aromatic carbocycles. The lowest BCUT2D eigenvalue weighted by molar-refractivity contribution is 0.631. The van der Waals surface area contributed by atoms with Gasteiger partial charge in [0.1, 0.15) is 17.2 Å². The Labute approximate surface area is 164 Å². The molecule has 3 aromatic heterocycles. The van der Waals surface area contributed by atoms with E-state index in [-0.39, 0.29) is 0 Å². The molecule has 0 saturated carbocycles. The fourth-order valence-corrected chi connectivity index (χ4v) is 3.46. The standard InChI is InChI=1S/C21H13Cl2N3O/c22-15-6-5-12(7-16(15)23)8-20-25-17-9-14(11-24-21(17)26-20)19-10-13-3-1-2-4-18(13)27-19/h1-7,9-11H,8H2,(H,24,25,26). The number of nitrogens with one attached hydrogen (secondary N) is 1. The van der Waals surface area contributed by atoms with Gasteiger partial charge in [-0.3, -0.25) is 0 Å². The third kappa shape index (κ3) is 3.07. The van der Waals surface area contributed by atoms with Crippen molar-refractivity contribution >= 4 is 45.3 Å². The number of hydrogen-bond donors (Lipinski definition) is 1. The Hall–Kier alpha value is -2.82. The van der Waals surface area contributed by atoms with Gasteiger partial charge in [-0.2, -0.15) is 0 Å². The van der Waals surface area contributed by atoms with Crippen LogP contribution in [0.3, 0.4) is 0 Å². The van der Waals surface area contributed by atoms with Crippen molar-refractivity contribution in [3.63, 3.8) is 0 Å². The molecule has 0 fully saturated rings. The maximum absolute atomic E-state index is 6.10. The van der Waals surface area contributed by atoms with Crippen molar-refractivity contribution in [2.75, 3.05) is 0 Å². The Morgan fingerprint density at radius 3 is 2.70 bits per heavy atom. The second kappa shape index (κ2) is 6.41. The smallest absolute Gasteiger partial charge is 0.177 e. The number of aromatic amines is 1. The molecule has 0 radical (unpaired) electrons. The zero-order chi connectivity index (χ0) is 18.4. The SMILES string of the molecule is Clc1ccc(Cc2nc3ncc(-c4cc5ccccc5o4)cc3[nH]2)cc1Cl. The number of H-pyrrole nitrogens is 1. The number of para-hydroxylation sites is 1. The van der Waals surface area contributed by atoms with Crippen molar-refractivity contribution in [1.82, 2.24) is 15.0 Å². The second-order valence-electron chi connectivity index (χ2n) is 6.35. The molecule has 0 bridgehead atoms. The van der Waals surface area contributed by atoms with Crippen molar-refractivity contribution in [3.8, 4) is 11.3 Å². The van der Waals surface area contributed by atoms with Gasteiger partial charge in [0.2, 0.25) is 0 Å². The molecule has 4 nitrogen and oxygen atoms in total. The summed E-state index contributed by atoms with van der Waals surface area (Å²) in [5.41, 5.74) is 4.33. The van der Waals surface area contributed by atoms with Gasteiger partial charge in [0, 0.05) is 23.6 Å². The van der Waals surface area contributed by atoms with E-state index in [9.17, 15) is 0 Å². The van der Waals surface area contributed by atoms with Crippen molar-refractivity contribution in [2.24, 2.45) is 0 Å². The highest BCUT2D eigenvalue weighted by Gasteiger charge is 2.11. The molecule has 6 heteroatoms. The Bertz CT molecular complexity index is 1260. The summed E-state index contributed by atoms with van der Waals surface area (Å²) in [6.45, 7) is 0. The van der Waals surface area contributed by atoms with Crippen LogP contribution in [0.1, 0.15) is 11.4 Å². The lowest BCUT2D eigenvalue weighted by Gasteiger charge is -2.00. The lowest BCUT2D eigenvalue weighted by Crippen LogP contribution is -1.90. The van der Waals surface area contributed by atoms with Gasteiger partial charge in [-0.25, -0.2) is 9.97 Å². The number of pyridine rings is 1. The van der Waals surface area contributed by atoms with Gasteiger partial charge in [-0.1, -0.05) is 47.5 Å². The summed E-state index contributed by atoms with van der Waals surface area (Å²) in [5.74, 6) is 1.60. The van der Waals surface area contributed by atoms with Crippen LogP contribution in [0.2, 0.25) is 10.0 Å². The molecule has 0 aliphatic carbocycles. The molecule has 5 aromatic rings. The maximum atomic E-state index is 6.10. The summed E-state index contributed by atoms with van der Waals surface area (Å²) in [4.78, 5) is 12.4. The fraction of sp³-hybridized carbons (Fsp3) is 0.0476. The molecule has 27 heavy (non-hydrogen) atoms. The predicted molar refractivity (Wildman–Crippen MR) is 108 cm³/mol. The lowest BCUT2D eigenvalue weighted by atomic mass is 10.1. The van der Waals surface area contributed by atoms with Crippen molar-refractivity contribution < 1.29 is 4.42 Å². The van der Waals surface area contributed by atoms with E-state index in [1.54, 1.807) is 12.3 Å². The number of halogens is 2. The van der Waals surface area contributed by atoms with E-state index < -0.39 is 0 Å². The number of benzene rings is 2. The van der Waals surface area contributed by atoms with Crippen LogP contribution in [0.5, 0.6) is 0 Å². The number of rotatable bonds is 3. The van der Waals surface area contributed by atoms with Gasteiger partial charge in [0.15, 0.2) is 5.65 Å². The van der Waals surface area contributed by atoms with E-state index >= 15 is 0 Å². The number of hydrogen-bond acceptors (Lipinski definition) is 3. The van der Waals surface area contributed by atoms with Crippen LogP contribution in [-0.2, 0) is 6.42 Å². The Balaban J connectivity index is 1.49. The topological polar surface area (TPSA) is 54.7 Å². The molecule has 0 atom stereocenters. The minimum atomic E-state index is 0.538. The van der Waals surface area contributed by atoms with E-state index in [1.807, 2.05) is 48.5 Å². The summed E-state index contributed by atoms with van der Waals surface area (Å²) < 4.78 is 5.93. The minimum Gasteiger partial charge on any atom is -0.456 e. The third-order valence-electron chi connectivity index (χ3n) is 4.45. The second-order valence-corrected chi connectivity index (χ2v) is 7.17. The van der Waals surface area contributed by atoms with Crippen LogP contribution in [0.4, 0.5) is 0 Å². The van der Waals surface area contributed by atoms with Gasteiger partial charge in [0.05, 0.1) is 15.6 Å². The number of fused-ring (bicyclic) bond motifs is 2. The van der Waals surface area contributed by atoms with Crippen LogP contribution in [0, 0.1) is 0 Å². The summed E-state index contributed by atoms with van der Waals surface area (Å²) in [5, 5.41) is 2.15. The quantitative estimate of drug-likeness (QED) is 0.392. The zero-order valence-electron chi connectivity index (χ0n) is 14.0. The van der Waals surface area contributed by atoms with E-state index in [4.69, 9.17) is 27.6 Å².